The number of ether oxygens (including phenoxy) is 1. The number of morpholine rings is 1. The molecule has 5 nitrogen and oxygen atoms in total. The van der Waals surface area contributed by atoms with Crippen LogP contribution in [0.2, 0.25) is 0 Å². The Morgan fingerprint density at radius 2 is 2.00 bits per heavy atom. The molecule has 1 aromatic heterocycles. The van der Waals surface area contributed by atoms with Crippen molar-refractivity contribution in [3.63, 3.8) is 0 Å². The van der Waals surface area contributed by atoms with Gasteiger partial charge in [-0.2, -0.15) is 0 Å². The number of furan rings is 1. The molecule has 2 aliphatic rings. The van der Waals surface area contributed by atoms with Crippen LogP contribution in [0.5, 0.6) is 0 Å². The molecule has 1 aromatic carbocycles. The quantitative estimate of drug-likeness (QED) is 0.811. The third kappa shape index (κ3) is 4.09. The molecular weight excluding hydrogens is 340 g/mol. The first-order valence-electron chi connectivity index (χ1n) is 10.0. The van der Waals surface area contributed by atoms with Gasteiger partial charge in [0.25, 0.3) is 5.91 Å². The molecule has 4 rings (SSSR count). The van der Waals surface area contributed by atoms with Crippen molar-refractivity contribution in [2.45, 2.75) is 45.3 Å². The number of carbonyl (C=O) groups excluding carboxylic acids is 1. The Bertz CT molecular complexity index is 783. The maximum Gasteiger partial charge on any atom is 0.289 e. The Kier molecular flexibility index (Phi) is 5.60. The zero-order valence-electron chi connectivity index (χ0n) is 16.0. The fourth-order valence-electron chi connectivity index (χ4n) is 4.12. The number of amides is 1. The minimum Gasteiger partial charge on any atom is -0.455 e. The zero-order chi connectivity index (χ0) is 18.6. The Hall–Kier alpha value is -2.11. The molecule has 2 aromatic rings. The van der Waals surface area contributed by atoms with Gasteiger partial charge in [0, 0.05) is 19.6 Å². The molecule has 0 bridgehead atoms. The summed E-state index contributed by atoms with van der Waals surface area (Å²) < 4.78 is 11.5. The number of benzene rings is 1. The fourth-order valence-corrected chi connectivity index (χ4v) is 4.12. The third-order valence-electron chi connectivity index (χ3n) is 5.57. The maximum absolute atomic E-state index is 12.9. The summed E-state index contributed by atoms with van der Waals surface area (Å²) in [6, 6.07) is 12.5. The largest absolute Gasteiger partial charge is 0.455 e. The second kappa shape index (κ2) is 8.28. The lowest BCUT2D eigenvalue weighted by Crippen LogP contribution is -2.48. The van der Waals surface area contributed by atoms with E-state index in [1.54, 1.807) is 0 Å². The zero-order valence-corrected chi connectivity index (χ0v) is 16.0. The van der Waals surface area contributed by atoms with Crippen molar-refractivity contribution in [2.24, 2.45) is 0 Å². The van der Waals surface area contributed by atoms with Gasteiger partial charge >= 0.3 is 0 Å². The highest BCUT2D eigenvalue weighted by Gasteiger charge is 2.29. The monoisotopic (exact) mass is 368 g/mol. The first-order chi connectivity index (χ1) is 13.2. The lowest BCUT2D eigenvalue weighted by Gasteiger charge is -2.35. The number of hydrogen-bond donors (Lipinski definition) is 0. The molecule has 1 atom stereocenters. The summed E-state index contributed by atoms with van der Waals surface area (Å²) in [5, 5.41) is 0. The lowest BCUT2D eigenvalue weighted by atomic mass is 10.00. The highest BCUT2D eigenvalue weighted by molar-refractivity contribution is 5.91. The van der Waals surface area contributed by atoms with Gasteiger partial charge in [-0.1, -0.05) is 37.6 Å². The van der Waals surface area contributed by atoms with Crippen molar-refractivity contribution in [3.8, 4) is 0 Å². The molecule has 0 saturated carbocycles. The van der Waals surface area contributed by atoms with Crippen LogP contribution in [0.15, 0.2) is 40.8 Å². The molecule has 0 N–H and O–H groups in total. The summed E-state index contributed by atoms with van der Waals surface area (Å²) in [5.74, 6) is 1.30. The number of carbonyl (C=O) groups is 1. The van der Waals surface area contributed by atoms with Crippen LogP contribution in [0.1, 0.15) is 47.2 Å². The highest BCUT2D eigenvalue weighted by atomic mass is 16.5. The first-order valence-corrected chi connectivity index (χ1v) is 10.0. The first kappa shape index (κ1) is 18.3. The molecule has 27 heavy (non-hydrogen) atoms. The Morgan fingerprint density at radius 1 is 1.15 bits per heavy atom. The van der Waals surface area contributed by atoms with Gasteiger partial charge in [0.15, 0.2) is 5.76 Å². The molecule has 0 spiro atoms. The number of fused-ring (bicyclic) bond motifs is 1. The van der Waals surface area contributed by atoms with Gasteiger partial charge in [-0.25, -0.2) is 0 Å². The van der Waals surface area contributed by atoms with Gasteiger partial charge in [-0.15, -0.1) is 0 Å². The van der Waals surface area contributed by atoms with E-state index in [2.05, 4.69) is 36.1 Å². The summed E-state index contributed by atoms with van der Waals surface area (Å²) in [4.78, 5) is 17.2. The molecular formula is C22H28N2O3. The van der Waals surface area contributed by atoms with Crippen LogP contribution in [-0.2, 0) is 24.2 Å². The van der Waals surface area contributed by atoms with Crippen LogP contribution in [0.25, 0.3) is 0 Å². The molecule has 2 aliphatic heterocycles. The standard InChI is InChI=1S/C22H28N2O3/c1-2-5-19-16-26-13-12-24(19)22(25)21-9-8-20(27-21)15-23-11-10-17-6-3-4-7-18(17)14-23/h3-4,6-9,19H,2,5,10-16H2,1H3. The second-order valence-electron chi connectivity index (χ2n) is 7.51. The molecule has 5 heteroatoms. The third-order valence-corrected chi connectivity index (χ3v) is 5.57. The molecule has 144 valence electrons. The smallest absolute Gasteiger partial charge is 0.289 e. The van der Waals surface area contributed by atoms with Crippen molar-refractivity contribution in [1.82, 2.24) is 9.80 Å². The van der Waals surface area contributed by atoms with Crippen LogP contribution >= 0.6 is 0 Å². The van der Waals surface area contributed by atoms with Crippen molar-refractivity contribution in [2.75, 3.05) is 26.3 Å². The summed E-state index contributed by atoms with van der Waals surface area (Å²) in [6.45, 7) is 6.70. The maximum atomic E-state index is 12.9. The van der Waals surface area contributed by atoms with Crippen LogP contribution in [0.3, 0.4) is 0 Å². The lowest BCUT2D eigenvalue weighted by molar-refractivity contribution is -0.00598. The van der Waals surface area contributed by atoms with Crippen molar-refractivity contribution < 1.29 is 13.9 Å². The Balaban J connectivity index is 1.40. The normalized spacial score (nSPS) is 20.5. The molecule has 3 heterocycles. The summed E-state index contributed by atoms with van der Waals surface area (Å²) in [5.41, 5.74) is 2.83. The van der Waals surface area contributed by atoms with E-state index >= 15 is 0 Å². The van der Waals surface area contributed by atoms with E-state index in [0.29, 0.717) is 25.5 Å². The number of rotatable bonds is 5. The van der Waals surface area contributed by atoms with Gasteiger partial charge in [0.2, 0.25) is 0 Å². The molecule has 1 amide bonds. The van der Waals surface area contributed by atoms with Gasteiger partial charge < -0.3 is 14.1 Å². The van der Waals surface area contributed by atoms with Crippen LogP contribution in [0.4, 0.5) is 0 Å². The van der Waals surface area contributed by atoms with Gasteiger partial charge in [-0.05, 0) is 36.1 Å². The summed E-state index contributed by atoms with van der Waals surface area (Å²) >= 11 is 0. The van der Waals surface area contributed by atoms with E-state index in [1.165, 1.54) is 11.1 Å². The van der Waals surface area contributed by atoms with Gasteiger partial charge in [0.05, 0.1) is 25.8 Å². The second-order valence-corrected chi connectivity index (χ2v) is 7.51. The van der Waals surface area contributed by atoms with Crippen molar-refractivity contribution in [1.29, 1.82) is 0 Å². The van der Waals surface area contributed by atoms with Crippen LogP contribution < -0.4 is 0 Å². The Morgan fingerprint density at radius 3 is 2.85 bits per heavy atom. The Labute approximate surface area is 160 Å². The minimum atomic E-state index is -0.00742. The minimum absolute atomic E-state index is 0.00742. The number of hydrogen-bond acceptors (Lipinski definition) is 4. The van der Waals surface area contributed by atoms with Gasteiger partial charge in [-0.3, -0.25) is 9.69 Å². The average Bonchev–Trinajstić information content (AvgIpc) is 3.16. The van der Waals surface area contributed by atoms with E-state index in [9.17, 15) is 4.79 Å². The predicted molar refractivity (Wildman–Crippen MR) is 104 cm³/mol. The molecule has 1 fully saturated rings. The highest BCUT2D eigenvalue weighted by Crippen LogP contribution is 2.22. The van der Waals surface area contributed by atoms with E-state index in [1.807, 2.05) is 17.0 Å². The number of nitrogens with zero attached hydrogens (tertiary/aromatic N) is 2. The average molecular weight is 368 g/mol. The molecule has 0 aliphatic carbocycles. The van der Waals surface area contributed by atoms with Gasteiger partial charge in [0.1, 0.15) is 5.76 Å². The topological polar surface area (TPSA) is 45.9 Å². The molecule has 1 saturated heterocycles. The van der Waals surface area contributed by atoms with Crippen LogP contribution in [0, 0.1) is 0 Å². The van der Waals surface area contributed by atoms with E-state index in [4.69, 9.17) is 9.15 Å². The predicted octanol–water partition coefficient (Wildman–Crippen LogP) is 3.48. The molecule has 1 unspecified atom stereocenters. The summed E-state index contributed by atoms with van der Waals surface area (Å²) in [7, 11) is 0. The molecule has 0 radical (unpaired) electrons. The van der Waals surface area contributed by atoms with E-state index < -0.39 is 0 Å². The van der Waals surface area contributed by atoms with Crippen LogP contribution in [-0.4, -0.2) is 48.1 Å². The fraction of sp³-hybridized carbons (Fsp3) is 0.500. The van der Waals surface area contributed by atoms with E-state index in [-0.39, 0.29) is 11.9 Å². The van der Waals surface area contributed by atoms with Crippen molar-refractivity contribution >= 4 is 5.91 Å². The van der Waals surface area contributed by atoms with Crippen molar-refractivity contribution in [3.05, 3.63) is 59.0 Å². The SMILES string of the molecule is CCCC1COCCN1C(=O)c1ccc(CN2CCc3ccccc3C2)o1. The summed E-state index contributed by atoms with van der Waals surface area (Å²) in [6.07, 6.45) is 3.07. The van der Waals surface area contributed by atoms with E-state index in [0.717, 1.165) is 44.7 Å².